The Bertz CT molecular complexity index is 532. The number of amides is 1. The topological polar surface area (TPSA) is 32.8 Å². The standard InChI is InChI=1S/C20H30N2O2/c1-17-6-5-7-19(16-17)24-15-14-21-12-8-18(9-13-21)20(23)22-10-3-2-4-11-22/h5-7,16,18H,2-4,8-15H2,1H3. The Balaban J connectivity index is 1.36. The van der Waals surface area contributed by atoms with Crippen LogP contribution in [0.1, 0.15) is 37.7 Å². The number of benzene rings is 1. The normalized spacial score (nSPS) is 20.1. The molecule has 2 aliphatic rings. The molecule has 3 rings (SSSR count). The van der Waals surface area contributed by atoms with Gasteiger partial charge in [-0.15, -0.1) is 0 Å². The van der Waals surface area contributed by atoms with Crippen LogP contribution in [0, 0.1) is 12.8 Å². The van der Waals surface area contributed by atoms with Crippen molar-refractivity contribution in [1.82, 2.24) is 9.80 Å². The molecule has 0 bridgehead atoms. The van der Waals surface area contributed by atoms with E-state index in [1.54, 1.807) is 0 Å². The number of ether oxygens (including phenoxy) is 1. The van der Waals surface area contributed by atoms with E-state index in [1.165, 1.54) is 24.8 Å². The van der Waals surface area contributed by atoms with Crippen molar-refractivity contribution in [2.75, 3.05) is 39.3 Å². The molecule has 2 fully saturated rings. The van der Waals surface area contributed by atoms with Crippen molar-refractivity contribution < 1.29 is 9.53 Å². The monoisotopic (exact) mass is 330 g/mol. The molecule has 2 aliphatic heterocycles. The summed E-state index contributed by atoms with van der Waals surface area (Å²) >= 11 is 0. The van der Waals surface area contributed by atoms with Gasteiger partial charge in [0.25, 0.3) is 0 Å². The summed E-state index contributed by atoms with van der Waals surface area (Å²) in [5.74, 6) is 1.60. The fourth-order valence-electron chi connectivity index (χ4n) is 3.77. The summed E-state index contributed by atoms with van der Waals surface area (Å²) in [6.07, 6.45) is 5.64. The van der Waals surface area contributed by atoms with Gasteiger partial charge in [-0.3, -0.25) is 9.69 Å². The van der Waals surface area contributed by atoms with E-state index in [2.05, 4.69) is 28.9 Å². The Labute approximate surface area is 145 Å². The lowest BCUT2D eigenvalue weighted by Crippen LogP contribution is -2.45. The van der Waals surface area contributed by atoms with Gasteiger partial charge >= 0.3 is 0 Å². The number of hydrogen-bond donors (Lipinski definition) is 0. The van der Waals surface area contributed by atoms with Crippen molar-refractivity contribution in [2.45, 2.75) is 39.0 Å². The molecule has 0 spiro atoms. The van der Waals surface area contributed by atoms with Crippen molar-refractivity contribution in [2.24, 2.45) is 5.92 Å². The molecule has 0 aromatic heterocycles. The summed E-state index contributed by atoms with van der Waals surface area (Å²) < 4.78 is 5.84. The maximum atomic E-state index is 12.6. The molecule has 1 aromatic rings. The van der Waals surface area contributed by atoms with Gasteiger partial charge < -0.3 is 9.64 Å². The highest BCUT2D eigenvalue weighted by Gasteiger charge is 2.28. The zero-order valence-corrected chi connectivity index (χ0v) is 14.9. The predicted octanol–water partition coefficient (Wildman–Crippen LogP) is 3.10. The SMILES string of the molecule is Cc1cccc(OCCN2CCC(C(=O)N3CCCCC3)CC2)c1. The van der Waals surface area contributed by atoms with Gasteiger partial charge in [0.15, 0.2) is 0 Å². The first-order valence-electron chi connectivity index (χ1n) is 9.43. The first-order valence-corrected chi connectivity index (χ1v) is 9.43. The van der Waals surface area contributed by atoms with Crippen LogP contribution < -0.4 is 4.74 Å². The second kappa shape index (κ2) is 8.52. The highest BCUT2D eigenvalue weighted by Crippen LogP contribution is 2.22. The lowest BCUT2D eigenvalue weighted by atomic mass is 9.94. The lowest BCUT2D eigenvalue weighted by molar-refractivity contribution is -0.138. The number of carbonyl (C=O) groups excluding carboxylic acids is 1. The maximum Gasteiger partial charge on any atom is 0.225 e. The molecule has 0 N–H and O–H groups in total. The van der Waals surface area contributed by atoms with Crippen LogP contribution in [0.3, 0.4) is 0 Å². The fourth-order valence-corrected chi connectivity index (χ4v) is 3.77. The maximum absolute atomic E-state index is 12.6. The Hall–Kier alpha value is -1.55. The van der Waals surface area contributed by atoms with Crippen molar-refractivity contribution in [3.8, 4) is 5.75 Å². The minimum atomic E-state index is 0.247. The summed E-state index contributed by atoms with van der Waals surface area (Å²) in [5, 5.41) is 0. The molecular weight excluding hydrogens is 300 g/mol. The average Bonchev–Trinajstić information content (AvgIpc) is 2.63. The third-order valence-electron chi connectivity index (χ3n) is 5.27. The van der Waals surface area contributed by atoms with Crippen molar-refractivity contribution in [1.29, 1.82) is 0 Å². The highest BCUT2D eigenvalue weighted by molar-refractivity contribution is 5.79. The van der Waals surface area contributed by atoms with Gasteiger partial charge in [0.2, 0.25) is 5.91 Å². The van der Waals surface area contributed by atoms with Gasteiger partial charge in [0, 0.05) is 25.6 Å². The van der Waals surface area contributed by atoms with Crippen LogP contribution in [0.5, 0.6) is 5.75 Å². The molecule has 0 atom stereocenters. The van der Waals surface area contributed by atoms with Crippen LogP contribution in [-0.4, -0.2) is 55.0 Å². The first kappa shape index (κ1) is 17.3. The molecule has 132 valence electrons. The average molecular weight is 330 g/mol. The number of aryl methyl sites for hydroxylation is 1. The summed E-state index contributed by atoms with van der Waals surface area (Å²) in [6, 6.07) is 8.19. The summed E-state index contributed by atoms with van der Waals surface area (Å²) in [6.45, 7) is 7.72. The van der Waals surface area contributed by atoms with E-state index in [0.29, 0.717) is 12.5 Å². The van der Waals surface area contributed by atoms with Crippen molar-refractivity contribution in [3.63, 3.8) is 0 Å². The van der Waals surface area contributed by atoms with Crippen LogP contribution >= 0.6 is 0 Å². The molecule has 0 saturated carbocycles. The Morgan fingerprint density at radius 1 is 1.12 bits per heavy atom. The molecule has 4 nitrogen and oxygen atoms in total. The third-order valence-corrected chi connectivity index (χ3v) is 5.27. The smallest absolute Gasteiger partial charge is 0.225 e. The summed E-state index contributed by atoms with van der Waals surface area (Å²) in [7, 11) is 0. The van der Waals surface area contributed by atoms with Crippen LogP contribution in [0.25, 0.3) is 0 Å². The molecule has 1 aromatic carbocycles. The number of rotatable bonds is 5. The predicted molar refractivity (Wildman–Crippen MR) is 96.3 cm³/mol. The van der Waals surface area contributed by atoms with Gasteiger partial charge in [-0.1, -0.05) is 12.1 Å². The van der Waals surface area contributed by atoms with Gasteiger partial charge in [-0.2, -0.15) is 0 Å². The molecule has 0 radical (unpaired) electrons. The van der Waals surface area contributed by atoms with Crippen molar-refractivity contribution in [3.05, 3.63) is 29.8 Å². The van der Waals surface area contributed by atoms with Gasteiger partial charge in [0.05, 0.1) is 0 Å². The Kier molecular flexibility index (Phi) is 6.13. The molecule has 24 heavy (non-hydrogen) atoms. The van der Waals surface area contributed by atoms with E-state index < -0.39 is 0 Å². The summed E-state index contributed by atoms with van der Waals surface area (Å²) in [5.41, 5.74) is 1.23. The summed E-state index contributed by atoms with van der Waals surface area (Å²) in [4.78, 5) is 17.1. The number of hydrogen-bond acceptors (Lipinski definition) is 3. The zero-order chi connectivity index (χ0) is 16.8. The lowest BCUT2D eigenvalue weighted by Gasteiger charge is -2.35. The molecule has 0 unspecified atom stereocenters. The van der Waals surface area contributed by atoms with E-state index in [4.69, 9.17) is 4.74 Å². The van der Waals surface area contributed by atoms with E-state index >= 15 is 0 Å². The molecule has 4 heteroatoms. The van der Waals surface area contributed by atoms with E-state index in [1.807, 2.05) is 12.1 Å². The second-order valence-electron chi connectivity index (χ2n) is 7.17. The number of carbonyl (C=O) groups is 1. The minimum absolute atomic E-state index is 0.247. The quantitative estimate of drug-likeness (QED) is 0.832. The number of nitrogens with zero attached hydrogens (tertiary/aromatic N) is 2. The Morgan fingerprint density at radius 2 is 1.88 bits per heavy atom. The molecular formula is C20H30N2O2. The fraction of sp³-hybridized carbons (Fsp3) is 0.650. The number of likely N-dealkylation sites (tertiary alicyclic amines) is 2. The number of piperidine rings is 2. The van der Waals surface area contributed by atoms with Gasteiger partial charge in [-0.05, 0) is 69.8 Å². The molecule has 0 aliphatic carbocycles. The van der Waals surface area contributed by atoms with Gasteiger partial charge in [0.1, 0.15) is 12.4 Å². The first-order chi connectivity index (χ1) is 11.7. The molecule has 2 heterocycles. The largest absolute Gasteiger partial charge is 0.492 e. The highest BCUT2D eigenvalue weighted by atomic mass is 16.5. The van der Waals surface area contributed by atoms with Crippen LogP contribution in [0.2, 0.25) is 0 Å². The van der Waals surface area contributed by atoms with Crippen LogP contribution in [-0.2, 0) is 4.79 Å². The Morgan fingerprint density at radius 3 is 2.58 bits per heavy atom. The third kappa shape index (κ3) is 4.73. The second-order valence-corrected chi connectivity index (χ2v) is 7.17. The molecule has 2 saturated heterocycles. The van der Waals surface area contributed by atoms with E-state index in [9.17, 15) is 4.79 Å². The van der Waals surface area contributed by atoms with E-state index in [-0.39, 0.29) is 5.92 Å². The molecule has 1 amide bonds. The zero-order valence-electron chi connectivity index (χ0n) is 14.9. The van der Waals surface area contributed by atoms with E-state index in [0.717, 1.165) is 51.3 Å². The van der Waals surface area contributed by atoms with Gasteiger partial charge in [-0.25, -0.2) is 0 Å². The van der Waals surface area contributed by atoms with Crippen molar-refractivity contribution >= 4 is 5.91 Å². The van der Waals surface area contributed by atoms with Crippen LogP contribution in [0.4, 0.5) is 0 Å². The van der Waals surface area contributed by atoms with Crippen LogP contribution in [0.15, 0.2) is 24.3 Å². The minimum Gasteiger partial charge on any atom is -0.492 e.